The second kappa shape index (κ2) is 4.11. The first-order chi connectivity index (χ1) is 8.65. The predicted molar refractivity (Wildman–Crippen MR) is 64.2 cm³/mol. The Morgan fingerprint density at radius 1 is 1.39 bits per heavy atom. The Hall–Kier alpha value is -1.86. The molecule has 0 bridgehead atoms. The van der Waals surface area contributed by atoms with Crippen molar-refractivity contribution in [2.75, 3.05) is 0 Å². The molecule has 3 aromatic rings. The van der Waals surface area contributed by atoms with Crippen LogP contribution in [0.5, 0.6) is 0 Å². The number of nitrogens with zero attached hydrogens (tertiary/aromatic N) is 4. The molecule has 0 atom stereocenters. The van der Waals surface area contributed by atoms with Crippen LogP contribution in [0.3, 0.4) is 0 Å². The van der Waals surface area contributed by atoms with Crippen LogP contribution in [0.2, 0.25) is 0 Å². The number of benzene rings is 1. The molecule has 0 saturated heterocycles. The summed E-state index contributed by atoms with van der Waals surface area (Å²) < 4.78 is 14.4. The Kier molecular flexibility index (Phi) is 2.57. The van der Waals surface area contributed by atoms with Crippen LogP contribution in [0, 0.1) is 5.82 Å². The molecule has 0 amide bonds. The highest BCUT2D eigenvalue weighted by molar-refractivity contribution is 7.19. The van der Waals surface area contributed by atoms with Gasteiger partial charge in [-0.15, -0.1) is 10.2 Å². The van der Waals surface area contributed by atoms with Gasteiger partial charge in [-0.3, -0.25) is 4.79 Å². The molecule has 5 nitrogen and oxygen atoms in total. The summed E-state index contributed by atoms with van der Waals surface area (Å²) in [6.07, 6.45) is 0. The van der Waals surface area contributed by atoms with Crippen molar-refractivity contribution in [3.05, 3.63) is 35.9 Å². The van der Waals surface area contributed by atoms with Crippen LogP contribution in [0.15, 0.2) is 24.3 Å². The van der Waals surface area contributed by atoms with Gasteiger partial charge in [0.05, 0.1) is 0 Å². The zero-order chi connectivity index (χ0) is 12.7. The third kappa shape index (κ3) is 1.77. The number of carbonyl (C=O) groups is 1. The van der Waals surface area contributed by atoms with Gasteiger partial charge in [0.2, 0.25) is 10.8 Å². The summed E-state index contributed by atoms with van der Waals surface area (Å²) in [5, 5.41) is 11.3. The number of carbonyl (C=O) groups excluding carboxylic acids is 1. The van der Waals surface area contributed by atoms with E-state index in [0.717, 1.165) is 0 Å². The summed E-state index contributed by atoms with van der Waals surface area (Å²) in [5.41, 5.74) is 0.610. The highest BCUT2D eigenvalue weighted by atomic mass is 35.5. The highest BCUT2D eigenvalue weighted by Gasteiger charge is 2.17. The molecule has 0 aliphatic carbocycles. The SMILES string of the molecule is O=C(Cl)c1nnc2sc(-c3cccc(F)c3)nn12. The molecule has 3 rings (SSSR count). The fraction of sp³-hybridized carbons (Fsp3) is 0. The normalized spacial score (nSPS) is 11.0. The van der Waals surface area contributed by atoms with Gasteiger partial charge < -0.3 is 0 Å². The molecule has 2 aromatic heterocycles. The standard InChI is InChI=1S/C10H4ClFN4OS/c11-7(17)8-13-14-10-16(8)15-9(18-10)5-2-1-3-6(12)4-5/h1-4H. The van der Waals surface area contributed by atoms with Crippen molar-refractivity contribution in [2.24, 2.45) is 0 Å². The van der Waals surface area contributed by atoms with Crippen molar-refractivity contribution in [1.29, 1.82) is 0 Å². The monoisotopic (exact) mass is 282 g/mol. The van der Waals surface area contributed by atoms with Crippen LogP contribution in [0.1, 0.15) is 10.6 Å². The van der Waals surface area contributed by atoms with Crippen LogP contribution < -0.4 is 0 Å². The van der Waals surface area contributed by atoms with Crippen LogP contribution in [-0.4, -0.2) is 25.1 Å². The van der Waals surface area contributed by atoms with Gasteiger partial charge in [0.25, 0.3) is 5.24 Å². The molecule has 0 radical (unpaired) electrons. The van der Waals surface area contributed by atoms with Crippen LogP contribution in [-0.2, 0) is 0 Å². The van der Waals surface area contributed by atoms with E-state index in [1.165, 1.54) is 28.0 Å². The molecular weight excluding hydrogens is 279 g/mol. The van der Waals surface area contributed by atoms with E-state index >= 15 is 0 Å². The average molecular weight is 283 g/mol. The lowest BCUT2D eigenvalue weighted by molar-refractivity contribution is 0.107. The molecule has 0 spiro atoms. The summed E-state index contributed by atoms with van der Waals surface area (Å²) in [5.74, 6) is -0.405. The maximum absolute atomic E-state index is 13.1. The molecule has 1 aromatic carbocycles. The Labute approximate surface area is 109 Å². The quantitative estimate of drug-likeness (QED) is 0.677. The van der Waals surface area contributed by atoms with Gasteiger partial charge in [0, 0.05) is 5.56 Å². The zero-order valence-electron chi connectivity index (χ0n) is 8.67. The van der Waals surface area contributed by atoms with Crippen molar-refractivity contribution in [3.63, 3.8) is 0 Å². The molecule has 0 aliphatic rings. The fourth-order valence-electron chi connectivity index (χ4n) is 1.48. The molecule has 0 fully saturated rings. The summed E-state index contributed by atoms with van der Waals surface area (Å²) >= 11 is 6.54. The lowest BCUT2D eigenvalue weighted by Gasteiger charge is -1.94. The Bertz CT molecular complexity index is 753. The molecule has 18 heavy (non-hydrogen) atoms. The van der Waals surface area contributed by atoms with E-state index in [9.17, 15) is 9.18 Å². The van der Waals surface area contributed by atoms with Gasteiger partial charge in [-0.05, 0) is 23.7 Å². The first-order valence-electron chi connectivity index (χ1n) is 4.83. The molecule has 0 N–H and O–H groups in total. The Balaban J connectivity index is 2.17. The average Bonchev–Trinajstić information content (AvgIpc) is 2.87. The minimum absolute atomic E-state index is 0.0504. The smallest absolute Gasteiger partial charge is 0.272 e. The Morgan fingerprint density at radius 3 is 2.94 bits per heavy atom. The molecule has 2 heterocycles. The first kappa shape index (κ1) is 11.2. The van der Waals surface area contributed by atoms with E-state index in [-0.39, 0.29) is 11.6 Å². The number of halogens is 2. The molecule has 90 valence electrons. The van der Waals surface area contributed by atoms with E-state index < -0.39 is 5.24 Å². The zero-order valence-corrected chi connectivity index (χ0v) is 10.2. The van der Waals surface area contributed by atoms with E-state index in [4.69, 9.17) is 11.6 Å². The van der Waals surface area contributed by atoms with E-state index in [0.29, 0.717) is 15.5 Å². The maximum Gasteiger partial charge on any atom is 0.291 e. The van der Waals surface area contributed by atoms with E-state index in [2.05, 4.69) is 15.3 Å². The maximum atomic E-state index is 13.1. The van der Waals surface area contributed by atoms with Crippen molar-refractivity contribution in [1.82, 2.24) is 19.8 Å². The third-order valence-electron chi connectivity index (χ3n) is 2.24. The topological polar surface area (TPSA) is 60.2 Å². The van der Waals surface area contributed by atoms with Gasteiger partial charge in [0.15, 0.2) is 0 Å². The van der Waals surface area contributed by atoms with Crippen molar-refractivity contribution >= 4 is 33.1 Å². The lowest BCUT2D eigenvalue weighted by atomic mass is 10.2. The lowest BCUT2D eigenvalue weighted by Crippen LogP contribution is -1.99. The molecule has 8 heteroatoms. The summed E-state index contributed by atoms with van der Waals surface area (Å²) in [7, 11) is 0. The van der Waals surface area contributed by atoms with Crippen LogP contribution >= 0.6 is 22.9 Å². The number of hydrogen-bond acceptors (Lipinski definition) is 5. The summed E-state index contributed by atoms with van der Waals surface area (Å²) in [6.45, 7) is 0. The first-order valence-corrected chi connectivity index (χ1v) is 6.02. The number of aromatic nitrogens is 4. The number of hydrogen-bond donors (Lipinski definition) is 0. The summed E-state index contributed by atoms with van der Waals surface area (Å²) in [6, 6.07) is 6.00. The van der Waals surface area contributed by atoms with Gasteiger partial charge in [-0.1, -0.05) is 23.5 Å². The van der Waals surface area contributed by atoms with E-state index in [1.807, 2.05) is 0 Å². The minimum atomic E-state index is -0.737. The van der Waals surface area contributed by atoms with Gasteiger partial charge >= 0.3 is 0 Å². The van der Waals surface area contributed by atoms with Gasteiger partial charge in [0.1, 0.15) is 10.8 Å². The van der Waals surface area contributed by atoms with Crippen LogP contribution in [0.4, 0.5) is 4.39 Å². The Morgan fingerprint density at radius 2 is 2.22 bits per heavy atom. The molecular formula is C10H4ClFN4OS. The number of fused-ring (bicyclic) bond motifs is 1. The highest BCUT2D eigenvalue weighted by Crippen LogP contribution is 2.25. The van der Waals surface area contributed by atoms with Gasteiger partial charge in [-0.2, -0.15) is 9.61 Å². The third-order valence-corrected chi connectivity index (χ3v) is 3.36. The van der Waals surface area contributed by atoms with Crippen LogP contribution in [0.25, 0.3) is 15.5 Å². The predicted octanol–water partition coefficient (Wildman–Crippen LogP) is 2.37. The largest absolute Gasteiger partial charge is 0.291 e. The molecule has 0 aliphatic heterocycles. The van der Waals surface area contributed by atoms with E-state index in [1.54, 1.807) is 12.1 Å². The van der Waals surface area contributed by atoms with Crippen molar-refractivity contribution in [3.8, 4) is 10.6 Å². The van der Waals surface area contributed by atoms with Gasteiger partial charge in [-0.25, -0.2) is 4.39 Å². The minimum Gasteiger partial charge on any atom is -0.272 e. The number of rotatable bonds is 2. The second-order valence-electron chi connectivity index (χ2n) is 3.41. The fourth-order valence-corrected chi connectivity index (χ4v) is 2.43. The van der Waals surface area contributed by atoms with Crippen molar-refractivity contribution in [2.45, 2.75) is 0 Å². The van der Waals surface area contributed by atoms with Crippen molar-refractivity contribution < 1.29 is 9.18 Å². The molecule has 0 unspecified atom stereocenters. The second-order valence-corrected chi connectivity index (χ2v) is 4.71. The summed E-state index contributed by atoms with van der Waals surface area (Å²) in [4.78, 5) is 11.5. The molecule has 0 saturated carbocycles.